The van der Waals surface area contributed by atoms with E-state index in [1.807, 2.05) is 11.5 Å². The summed E-state index contributed by atoms with van der Waals surface area (Å²) in [5.74, 6) is 0.0736. The maximum atomic E-state index is 12.6. The van der Waals surface area contributed by atoms with Crippen LogP contribution in [0.15, 0.2) is 35.2 Å². The van der Waals surface area contributed by atoms with E-state index < -0.39 is 16.0 Å². The highest BCUT2D eigenvalue weighted by Crippen LogP contribution is 2.30. The minimum Gasteiger partial charge on any atom is -0.496 e. The van der Waals surface area contributed by atoms with Gasteiger partial charge in [-0.1, -0.05) is 11.6 Å². The maximum Gasteiger partial charge on any atom is 0.342 e. The summed E-state index contributed by atoms with van der Waals surface area (Å²) in [7, 11) is 0.749. The van der Waals surface area contributed by atoms with Crippen LogP contribution >= 0.6 is 11.6 Å². The molecule has 0 aliphatic carbocycles. The molecule has 2 aromatic carbocycles. The van der Waals surface area contributed by atoms with E-state index in [9.17, 15) is 13.2 Å². The first kappa shape index (κ1) is 22.9. The number of rotatable bonds is 7. The number of hydrogen-bond donors (Lipinski definition) is 1. The van der Waals surface area contributed by atoms with E-state index in [1.165, 1.54) is 45.5 Å². The van der Waals surface area contributed by atoms with Crippen LogP contribution in [0.2, 0.25) is 5.02 Å². The number of sulfonamides is 1. The Morgan fingerprint density at radius 1 is 1.26 bits per heavy atom. The number of esters is 1. The van der Waals surface area contributed by atoms with Crippen LogP contribution in [0.1, 0.15) is 23.1 Å². The standard InChI is InChI=1S/C20H23ClN4O5S/c1-5-25-17-7-6-12(31(27,28)24(2)3)8-16(17)23-19(25)11-30-20(26)13-9-14(21)15(22)10-18(13)29-4/h6-10H,5,11,22H2,1-4H3. The van der Waals surface area contributed by atoms with E-state index in [2.05, 4.69) is 4.98 Å². The van der Waals surface area contributed by atoms with E-state index in [-0.39, 0.29) is 33.5 Å². The number of methoxy groups -OCH3 is 1. The van der Waals surface area contributed by atoms with Crippen molar-refractivity contribution in [2.75, 3.05) is 26.9 Å². The fourth-order valence-electron chi connectivity index (χ4n) is 3.10. The zero-order chi connectivity index (χ0) is 22.9. The molecule has 0 saturated carbocycles. The molecule has 1 heterocycles. The van der Waals surface area contributed by atoms with Crippen molar-refractivity contribution in [3.05, 3.63) is 46.7 Å². The fourth-order valence-corrected chi connectivity index (χ4v) is 4.19. The van der Waals surface area contributed by atoms with Gasteiger partial charge in [-0.2, -0.15) is 0 Å². The second-order valence-electron chi connectivity index (χ2n) is 6.86. The summed E-state index contributed by atoms with van der Waals surface area (Å²) >= 11 is 6.02. The maximum absolute atomic E-state index is 12.6. The van der Waals surface area contributed by atoms with Crippen molar-refractivity contribution in [1.82, 2.24) is 13.9 Å². The van der Waals surface area contributed by atoms with E-state index >= 15 is 0 Å². The molecule has 0 aliphatic rings. The molecule has 0 radical (unpaired) electrons. The van der Waals surface area contributed by atoms with Crippen molar-refractivity contribution < 1.29 is 22.7 Å². The fraction of sp³-hybridized carbons (Fsp3) is 0.300. The topological polar surface area (TPSA) is 117 Å². The van der Waals surface area contributed by atoms with Crippen LogP contribution < -0.4 is 10.5 Å². The second-order valence-corrected chi connectivity index (χ2v) is 9.42. The van der Waals surface area contributed by atoms with Gasteiger partial charge in [0, 0.05) is 26.7 Å². The largest absolute Gasteiger partial charge is 0.496 e. The number of carbonyl (C=O) groups is 1. The molecule has 3 aromatic rings. The first-order valence-corrected chi connectivity index (χ1v) is 11.1. The number of imidazole rings is 1. The third-order valence-electron chi connectivity index (χ3n) is 4.76. The molecule has 3 rings (SSSR count). The summed E-state index contributed by atoms with van der Waals surface area (Å²) in [4.78, 5) is 17.2. The quantitative estimate of drug-likeness (QED) is 0.420. The van der Waals surface area contributed by atoms with E-state index in [1.54, 1.807) is 6.07 Å². The number of benzene rings is 2. The van der Waals surface area contributed by atoms with Crippen molar-refractivity contribution in [2.45, 2.75) is 25.0 Å². The number of anilines is 1. The van der Waals surface area contributed by atoms with Gasteiger partial charge in [0.15, 0.2) is 0 Å². The van der Waals surface area contributed by atoms with Gasteiger partial charge in [-0.15, -0.1) is 0 Å². The molecule has 11 heteroatoms. The Morgan fingerprint density at radius 3 is 2.58 bits per heavy atom. The normalized spacial score (nSPS) is 11.8. The molecule has 1 aromatic heterocycles. The predicted octanol–water partition coefficient (Wildman–Crippen LogP) is 2.91. The van der Waals surface area contributed by atoms with E-state index in [0.29, 0.717) is 17.9 Å². The minimum absolute atomic E-state index is 0.123. The van der Waals surface area contributed by atoms with Gasteiger partial charge in [0.25, 0.3) is 0 Å². The van der Waals surface area contributed by atoms with Crippen LogP contribution in [-0.4, -0.2) is 49.4 Å². The molecular weight excluding hydrogens is 444 g/mol. The molecule has 31 heavy (non-hydrogen) atoms. The number of hydrogen-bond acceptors (Lipinski definition) is 7. The summed E-state index contributed by atoms with van der Waals surface area (Å²) in [6.45, 7) is 2.35. The summed E-state index contributed by atoms with van der Waals surface area (Å²) in [6.07, 6.45) is 0. The van der Waals surface area contributed by atoms with Gasteiger partial charge < -0.3 is 19.8 Å². The van der Waals surface area contributed by atoms with Crippen molar-refractivity contribution in [3.63, 3.8) is 0 Å². The third-order valence-corrected chi connectivity index (χ3v) is 6.90. The van der Waals surface area contributed by atoms with Gasteiger partial charge in [0.2, 0.25) is 10.0 Å². The van der Waals surface area contributed by atoms with Gasteiger partial charge in [-0.25, -0.2) is 22.5 Å². The summed E-state index contributed by atoms with van der Waals surface area (Å²) < 4.78 is 38.4. The van der Waals surface area contributed by atoms with Crippen LogP contribution in [-0.2, 0) is 27.9 Å². The number of halogens is 1. The molecule has 0 saturated heterocycles. The first-order chi connectivity index (χ1) is 14.6. The van der Waals surface area contributed by atoms with E-state index in [0.717, 1.165) is 9.82 Å². The number of aryl methyl sites for hydroxylation is 1. The van der Waals surface area contributed by atoms with Crippen LogP contribution in [0.3, 0.4) is 0 Å². The van der Waals surface area contributed by atoms with Crippen molar-refractivity contribution in [1.29, 1.82) is 0 Å². The number of ether oxygens (including phenoxy) is 2. The molecule has 9 nitrogen and oxygen atoms in total. The number of carbonyl (C=O) groups excluding carboxylic acids is 1. The Kier molecular flexibility index (Phi) is 6.44. The lowest BCUT2D eigenvalue weighted by atomic mass is 10.2. The predicted molar refractivity (Wildman–Crippen MR) is 118 cm³/mol. The lowest BCUT2D eigenvalue weighted by Gasteiger charge is -2.12. The molecular formula is C20H23ClN4O5S. The van der Waals surface area contributed by atoms with Crippen molar-refractivity contribution >= 4 is 44.3 Å². The number of fused-ring (bicyclic) bond motifs is 1. The second kappa shape index (κ2) is 8.74. The van der Waals surface area contributed by atoms with Gasteiger partial charge >= 0.3 is 5.97 Å². The molecule has 0 unspecified atom stereocenters. The summed E-state index contributed by atoms with van der Waals surface area (Å²) in [5, 5.41) is 0.211. The molecule has 0 bridgehead atoms. The van der Waals surface area contributed by atoms with Crippen LogP contribution in [0.4, 0.5) is 5.69 Å². The third kappa shape index (κ3) is 4.32. The molecule has 0 aliphatic heterocycles. The Morgan fingerprint density at radius 2 is 1.97 bits per heavy atom. The zero-order valence-electron chi connectivity index (χ0n) is 17.5. The molecule has 0 amide bonds. The zero-order valence-corrected chi connectivity index (χ0v) is 19.1. The van der Waals surface area contributed by atoms with E-state index in [4.69, 9.17) is 26.8 Å². The Bertz CT molecular complexity index is 1250. The van der Waals surface area contributed by atoms with Crippen LogP contribution in [0.25, 0.3) is 11.0 Å². The monoisotopic (exact) mass is 466 g/mol. The highest BCUT2D eigenvalue weighted by molar-refractivity contribution is 7.89. The lowest BCUT2D eigenvalue weighted by molar-refractivity contribution is 0.0455. The molecule has 0 spiro atoms. The number of nitrogens with two attached hydrogens (primary N) is 1. The number of aromatic nitrogens is 2. The Labute approximate surface area is 185 Å². The van der Waals surface area contributed by atoms with Crippen molar-refractivity contribution in [2.24, 2.45) is 0 Å². The lowest BCUT2D eigenvalue weighted by Crippen LogP contribution is -2.22. The van der Waals surface area contributed by atoms with Gasteiger partial charge in [0.1, 0.15) is 23.7 Å². The average Bonchev–Trinajstić information content (AvgIpc) is 3.09. The molecule has 0 fully saturated rings. The van der Waals surface area contributed by atoms with Crippen LogP contribution in [0, 0.1) is 0 Å². The van der Waals surface area contributed by atoms with Gasteiger partial charge in [-0.3, -0.25) is 0 Å². The molecule has 166 valence electrons. The summed E-state index contributed by atoms with van der Waals surface area (Å²) in [6, 6.07) is 7.57. The average molecular weight is 467 g/mol. The highest BCUT2D eigenvalue weighted by atomic mass is 35.5. The minimum atomic E-state index is -3.59. The molecule has 2 N–H and O–H groups in total. The molecule has 0 atom stereocenters. The van der Waals surface area contributed by atoms with Gasteiger partial charge in [0.05, 0.1) is 33.7 Å². The Hall–Kier alpha value is -2.82. The Balaban J connectivity index is 1.91. The number of nitrogens with zero attached hydrogens (tertiary/aromatic N) is 3. The first-order valence-electron chi connectivity index (χ1n) is 9.32. The van der Waals surface area contributed by atoms with Crippen molar-refractivity contribution in [3.8, 4) is 5.75 Å². The summed E-state index contributed by atoms with van der Waals surface area (Å²) in [5.41, 5.74) is 7.40. The van der Waals surface area contributed by atoms with Gasteiger partial charge in [-0.05, 0) is 31.2 Å². The SMILES string of the molecule is CCn1c(COC(=O)c2cc(Cl)c(N)cc2OC)nc2cc(S(=O)(=O)N(C)C)ccc21. The van der Waals surface area contributed by atoms with Crippen LogP contribution in [0.5, 0.6) is 5.75 Å². The highest BCUT2D eigenvalue weighted by Gasteiger charge is 2.21. The number of nitrogen functional groups attached to an aromatic ring is 1. The smallest absolute Gasteiger partial charge is 0.342 e.